The molecule has 0 bridgehead atoms. The van der Waals surface area contributed by atoms with Crippen LogP contribution in [-0.2, 0) is 0 Å². The molecule has 1 amide bonds. The second-order valence-electron chi connectivity index (χ2n) is 6.87. The van der Waals surface area contributed by atoms with E-state index >= 15 is 0 Å². The van der Waals surface area contributed by atoms with Gasteiger partial charge in [0.25, 0.3) is 5.91 Å². The Labute approximate surface area is 147 Å². The summed E-state index contributed by atoms with van der Waals surface area (Å²) in [5.41, 5.74) is 3.15. The zero-order valence-corrected chi connectivity index (χ0v) is 14.2. The Hall–Kier alpha value is -2.62. The van der Waals surface area contributed by atoms with E-state index in [4.69, 9.17) is 4.74 Å². The minimum atomic E-state index is -0.217. The third kappa shape index (κ3) is 3.04. The van der Waals surface area contributed by atoms with Crippen molar-refractivity contribution in [1.82, 2.24) is 5.32 Å². The molecule has 1 fully saturated rings. The number of rotatable bonds is 5. The third-order valence-electron chi connectivity index (χ3n) is 5.05. The van der Waals surface area contributed by atoms with Gasteiger partial charge >= 0.3 is 0 Å². The average Bonchev–Trinajstić information content (AvgIpc) is 3.36. The molecule has 0 spiro atoms. The van der Waals surface area contributed by atoms with Gasteiger partial charge in [0.15, 0.2) is 5.78 Å². The van der Waals surface area contributed by atoms with Crippen molar-refractivity contribution in [3.05, 3.63) is 64.7 Å². The first-order chi connectivity index (χ1) is 12.2. The molecule has 4 nitrogen and oxygen atoms in total. The fraction of sp³-hybridized carbons (Fsp3) is 0.333. The molecule has 2 aliphatic rings. The second kappa shape index (κ2) is 6.36. The molecular weight excluding hydrogens is 314 g/mol. The summed E-state index contributed by atoms with van der Waals surface area (Å²) < 4.78 is 5.88. The first-order valence-corrected chi connectivity index (χ1v) is 8.78. The number of Topliss-reactive ketones (excluding diaryl/α,β-unsaturated/α-hetero) is 1. The molecule has 0 unspecified atom stereocenters. The lowest BCUT2D eigenvalue weighted by atomic mass is 9.89. The van der Waals surface area contributed by atoms with Crippen molar-refractivity contribution in [1.29, 1.82) is 0 Å². The molecule has 0 radical (unpaired) electrons. The molecule has 1 saturated carbocycles. The quantitative estimate of drug-likeness (QED) is 0.850. The van der Waals surface area contributed by atoms with E-state index in [2.05, 4.69) is 17.4 Å². The highest BCUT2D eigenvalue weighted by atomic mass is 16.5. The molecule has 2 aromatic rings. The van der Waals surface area contributed by atoms with Gasteiger partial charge < -0.3 is 10.1 Å². The van der Waals surface area contributed by atoms with Crippen LogP contribution in [0.3, 0.4) is 0 Å². The largest absolute Gasteiger partial charge is 0.491 e. The van der Waals surface area contributed by atoms with Gasteiger partial charge in [0.2, 0.25) is 0 Å². The number of carbonyl (C=O) groups is 2. The van der Waals surface area contributed by atoms with Crippen LogP contribution in [0.2, 0.25) is 0 Å². The molecule has 0 saturated heterocycles. The molecule has 4 heteroatoms. The van der Waals surface area contributed by atoms with E-state index in [0.717, 1.165) is 24.0 Å². The van der Waals surface area contributed by atoms with Gasteiger partial charge in [-0.25, -0.2) is 0 Å². The van der Waals surface area contributed by atoms with Crippen LogP contribution in [0.5, 0.6) is 5.75 Å². The minimum absolute atomic E-state index is 0.0493. The van der Waals surface area contributed by atoms with Crippen LogP contribution in [0.4, 0.5) is 0 Å². The lowest BCUT2D eigenvalue weighted by Gasteiger charge is -2.12. The lowest BCUT2D eigenvalue weighted by molar-refractivity contribution is 0.0960. The summed E-state index contributed by atoms with van der Waals surface area (Å²) in [7, 11) is 1.59. The first kappa shape index (κ1) is 15.9. The van der Waals surface area contributed by atoms with Crippen LogP contribution in [0.1, 0.15) is 57.0 Å². The predicted molar refractivity (Wildman–Crippen MR) is 95.3 cm³/mol. The number of hydrogen-bond acceptors (Lipinski definition) is 3. The zero-order valence-electron chi connectivity index (χ0n) is 14.2. The number of hydrogen-bond donors (Lipinski definition) is 1. The van der Waals surface area contributed by atoms with E-state index in [0.29, 0.717) is 35.8 Å². The summed E-state index contributed by atoms with van der Waals surface area (Å²) in [5.74, 6) is 1.08. The highest BCUT2D eigenvalue weighted by molar-refractivity contribution is 6.03. The lowest BCUT2D eigenvalue weighted by Crippen LogP contribution is -2.19. The summed E-state index contributed by atoms with van der Waals surface area (Å²) in [6.07, 6.45) is 2.84. The number of ether oxygens (including phenoxy) is 1. The van der Waals surface area contributed by atoms with Gasteiger partial charge in [-0.1, -0.05) is 30.3 Å². The summed E-state index contributed by atoms with van der Waals surface area (Å²) >= 11 is 0. The zero-order chi connectivity index (χ0) is 17.4. The minimum Gasteiger partial charge on any atom is -0.491 e. The van der Waals surface area contributed by atoms with Crippen molar-refractivity contribution in [2.24, 2.45) is 5.92 Å². The Morgan fingerprint density at radius 2 is 1.92 bits per heavy atom. The fourth-order valence-corrected chi connectivity index (χ4v) is 3.46. The molecule has 25 heavy (non-hydrogen) atoms. The van der Waals surface area contributed by atoms with Gasteiger partial charge in [-0.2, -0.15) is 0 Å². The van der Waals surface area contributed by atoms with E-state index in [9.17, 15) is 9.59 Å². The van der Waals surface area contributed by atoms with Gasteiger partial charge in [-0.05, 0) is 36.5 Å². The number of benzene rings is 2. The van der Waals surface area contributed by atoms with Crippen molar-refractivity contribution in [2.45, 2.75) is 25.2 Å². The van der Waals surface area contributed by atoms with Gasteiger partial charge in [-0.3, -0.25) is 9.59 Å². The van der Waals surface area contributed by atoms with Crippen molar-refractivity contribution < 1.29 is 14.3 Å². The highest BCUT2D eigenvalue weighted by Crippen LogP contribution is 2.42. The van der Waals surface area contributed by atoms with Crippen LogP contribution in [0.15, 0.2) is 42.5 Å². The number of nitrogens with one attached hydrogen (secondary N) is 1. The summed E-state index contributed by atoms with van der Waals surface area (Å²) in [6, 6.07) is 13.7. The molecule has 1 aliphatic heterocycles. The van der Waals surface area contributed by atoms with E-state index in [1.807, 2.05) is 24.3 Å². The molecule has 4 rings (SSSR count). The summed E-state index contributed by atoms with van der Waals surface area (Å²) in [4.78, 5) is 25.0. The molecule has 0 aromatic heterocycles. The molecule has 1 heterocycles. The van der Waals surface area contributed by atoms with E-state index in [1.165, 1.54) is 0 Å². The van der Waals surface area contributed by atoms with Gasteiger partial charge in [0.05, 0.1) is 12.2 Å². The summed E-state index contributed by atoms with van der Waals surface area (Å²) in [5, 5.41) is 2.65. The maximum atomic E-state index is 12.6. The Morgan fingerprint density at radius 1 is 1.16 bits per heavy atom. The monoisotopic (exact) mass is 335 g/mol. The standard InChI is InChI=1S/C21H21NO3/c1-22-21(24)17-11-15(19(23)9-13-7-8-13)10-16-18(12-25-20(16)17)14-5-3-2-4-6-14/h2-6,10-11,13,18H,7-9,12H2,1H3,(H,22,24)/t18-/m0/s1. The number of carbonyl (C=O) groups excluding carboxylic acids is 2. The molecule has 1 N–H and O–H groups in total. The third-order valence-corrected chi connectivity index (χ3v) is 5.05. The first-order valence-electron chi connectivity index (χ1n) is 8.78. The topological polar surface area (TPSA) is 55.4 Å². The van der Waals surface area contributed by atoms with E-state index in [-0.39, 0.29) is 17.6 Å². The van der Waals surface area contributed by atoms with Crippen LogP contribution >= 0.6 is 0 Å². The van der Waals surface area contributed by atoms with Crippen LogP contribution in [0, 0.1) is 5.92 Å². The average molecular weight is 335 g/mol. The Balaban J connectivity index is 1.78. The molecular formula is C21H21NO3. The van der Waals surface area contributed by atoms with E-state index in [1.54, 1.807) is 13.1 Å². The normalized spacial score (nSPS) is 18.4. The van der Waals surface area contributed by atoms with Crippen LogP contribution in [-0.4, -0.2) is 25.3 Å². The van der Waals surface area contributed by atoms with Crippen molar-refractivity contribution >= 4 is 11.7 Å². The van der Waals surface area contributed by atoms with Gasteiger partial charge in [-0.15, -0.1) is 0 Å². The van der Waals surface area contributed by atoms with Crippen LogP contribution < -0.4 is 10.1 Å². The maximum Gasteiger partial charge on any atom is 0.254 e. The second-order valence-corrected chi connectivity index (χ2v) is 6.87. The Bertz CT molecular complexity index is 825. The SMILES string of the molecule is CNC(=O)c1cc(C(=O)CC2CC2)cc2c1OC[C@H]2c1ccccc1. The maximum absolute atomic E-state index is 12.6. The smallest absolute Gasteiger partial charge is 0.254 e. The molecule has 1 aliphatic carbocycles. The summed E-state index contributed by atoms with van der Waals surface area (Å²) in [6.45, 7) is 0.490. The highest BCUT2D eigenvalue weighted by Gasteiger charge is 2.32. The number of ketones is 1. The van der Waals surface area contributed by atoms with Crippen molar-refractivity contribution in [3.63, 3.8) is 0 Å². The van der Waals surface area contributed by atoms with Crippen molar-refractivity contribution in [2.75, 3.05) is 13.7 Å². The van der Waals surface area contributed by atoms with E-state index < -0.39 is 0 Å². The molecule has 128 valence electrons. The molecule has 1 atom stereocenters. The molecule has 2 aromatic carbocycles. The Kier molecular flexibility index (Phi) is 4.04. The van der Waals surface area contributed by atoms with Crippen LogP contribution in [0.25, 0.3) is 0 Å². The predicted octanol–water partition coefficient (Wildman–Crippen LogP) is 3.55. The number of amides is 1. The van der Waals surface area contributed by atoms with Gasteiger partial charge in [0, 0.05) is 30.5 Å². The van der Waals surface area contributed by atoms with Crippen molar-refractivity contribution in [3.8, 4) is 5.75 Å². The Morgan fingerprint density at radius 3 is 2.60 bits per heavy atom. The fourth-order valence-electron chi connectivity index (χ4n) is 3.46. The number of fused-ring (bicyclic) bond motifs is 1. The van der Waals surface area contributed by atoms with Gasteiger partial charge in [0.1, 0.15) is 5.75 Å².